The Hall–Kier alpha value is -1.32. The van der Waals surface area contributed by atoms with Gasteiger partial charge in [0, 0.05) is 6.54 Å². The lowest BCUT2D eigenvalue weighted by molar-refractivity contribution is -0.149. The summed E-state index contributed by atoms with van der Waals surface area (Å²) in [6.07, 6.45) is 2.48. The molecule has 90 valence electrons. The first-order chi connectivity index (χ1) is 7.49. The minimum atomic E-state index is -0.381. The summed E-state index contributed by atoms with van der Waals surface area (Å²) in [4.78, 5) is 25.4. The zero-order valence-electron chi connectivity index (χ0n) is 10.2. The normalized spacial score (nSPS) is 25.9. The number of nitrogens with one attached hydrogen (secondary N) is 1. The molecule has 0 radical (unpaired) electrons. The van der Waals surface area contributed by atoms with Crippen molar-refractivity contribution in [1.82, 2.24) is 10.2 Å². The van der Waals surface area contributed by atoms with Crippen LogP contribution in [0.25, 0.3) is 0 Å². The first-order valence-corrected chi connectivity index (χ1v) is 5.70. The monoisotopic (exact) mass is 224 g/mol. The molecule has 1 heterocycles. The Kier molecular flexibility index (Phi) is 4.10. The molecule has 0 aromatic carbocycles. The van der Waals surface area contributed by atoms with E-state index in [1.807, 2.05) is 13.8 Å². The van der Waals surface area contributed by atoms with Crippen LogP contribution >= 0.6 is 0 Å². The average Bonchev–Trinajstić information content (AvgIpc) is 2.23. The number of rotatable bonds is 4. The predicted octanol–water partition coefficient (Wildman–Crippen LogP) is 0.934. The van der Waals surface area contributed by atoms with E-state index < -0.39 is 0 Å². The molecule has 1 N–H and O–H groups in total. The van der Waals surface area contributed by atoms with E-state index in [1.54, 1.807) is 17.9 Å². The third-order valence-electron chi connectivity index (χ3n) is 2.93. The van der Waals surface area contributed by atoms with E-state index in [-0.39, 0.29) is 29.8 Å². The van der Waals surface area contributed by atoms with Gasteiger partial charge in [-0.05, 0) is 19.3 Å². The summed E-state index contributed by atoms with van der Waals surface area (Å²) in [6, 6.07) is -0.754. The van der Waals surface area contributed by atoms with Gasteiger partial charge in [-0.1, -0.05) is 19.9 Å². The van der Waals surface area contributed by atoms with Crippen molar-refractivity contribution in [3.8, 4) is 0 Å². The molecule has 4 heteroatoms. The number of carbonyl (C=O) groups is 2. The van der Waals surface area contributed by atoms with Crippen LogP contribution in [0, 0.1) is 5.92 Å². The number of hydrogen-bond donors (Lipinski definition) is 1. The molecule has 16 heavy (non-hydrogen) atoms. The molecule has 0 saturated carbocycles. The fraction of sp³-hybridized carbons (Fsp3) is 0.667. The molecule has 2 amide bonds. The van der Waals surface area contributed by atoms with Gasteiger partial charge in [0.2, 0.25) is 11.8 Å². The fourth-order valence-electron chi connectivity index (χ4n) is 1.83. The number of piperazine rings is 1. The average molecular weight is 224 g/mol. The van der Waals surface area contributed by atoms with Gasteiger partial charge in [0.1, 0.15) is 12.1 Å². The van der Waals surface area contributed by atoms with Gasteiger partial charge in [0.25, 0.3) is 0 Å². The number of carbonyl (C=O) groups excluding carboxylic acids is 2. The van der Waals surface area contributed by atoms with Crippen molar-refractivity contribution in [3.63, 3.8) is 0 Å². The second-order valence-electron chi connectivity index (χ2n) is 4.52. The lowest BCUT2D eigenvalue weighted by Crippen LogP contribution is -2.63. The SMILES string of the molecule is C=CCCN1C(=O)C(C(C)C)NC(=O)C1C. The number of nitrogens with zero attached hydrogens (tertiary/aromatic N) is 1. The zero-order chi connectivity index (χ0) is 12.3. The van der Waals surface area contributed by atoms with E-state index >= 15 is 0 Å². The minimum absolute atomic E-state index is 0.0175. The molecule has 1 aliphatic heterocycles. The lowest BCUT2D eigenvalue weighted by atomic mass is 9.98. The van der Waals surface area contributed by atoms with Gasteiger partial charge in [0.05, 0.1) is 0 Å². The summed E-state index contributed by atoms with van der Waals surface area (Å²) in [7, 11) is 0. The Morgan fingerprint density at radius 3 is 2.62 bits per heavy atom. The van der Waals surface area contributed by atoms with Crippen LogP contribution in [0.4, 0.5) is 0 Å². The molecular formula is C12H20N2O2. The molecule has 2 atom stereocenters. The van der Waals surface area contributed by atoms with Crippen LogP contribution in [0.2, 0.25) is 0 Å². The highest BCUT2D eigenvalue weighted by atomic mass is 16.2. The first kappa shape index (κ1) is 12.7. The molecule has 0 aromatic rings. The summed E-state index contributed by atoms with van der Waals surface area (Å²) in [5.41, 5.74) is 0. The smallest absolute Gasteiger partial charge is 0.246 e. The second-order valence-corrected chi connectivity index (χ2v) is 4.52. The van der Waals surface area contributed by atoms with Gasteiger partial charge in [-0.25, -0.2) is 0 Å². The van der Waals surface area contributed by atoms with Crippen molar-refractivity contribution in [2.75, 3.05) is 6.54 Å². The molecule has 2 unspecified atom stereocenters. The van der Waals surface area contributed by atoms with Crippen molar-refractivity contribution in [2.24, 2.45) is 5.92 Å². The lowest BCUT2D eigenvalue weighted by Gasteiger charge is -2.38. The largest absolute Gasteiger partial charge is 0.342 e. The Balaban J connectivity index is 2.81. The van der Waals surface area contributed by atoms with Crippen LogP contribution in [-0.2, 0) is 9.59 Å². The van der Waals surface area contributed by atoms with Crippen LogP contribution in [0.3, 0.4) is 0 Å². The van der Waals surface area contributed by atoms with E-state index in [0.717, 1.165) is 0 Å². The maximum absolute atomic E-state index is 12.1. The number of amides is 2. The Morgan fingerprint density at radius 1 is 1.50 bits per heavy atom. The van der Waals surface area contributed by atoms with Gasteiger partial charge in [-0.2, -0.15) is 0 Å². The second kappa shape index (κ2) is 5.14. The van der Waals surface area contributed by atoms with Crippen LogP contribution < -0.4 is 5.32 Å². The van der Waals surface area contributed by atoms with Crippen molar-refractivity contribution < 1.29 is 9.59 Å². The van der Waals surface area contributed by atoms with Crippen LogP contribution in [0.1, 0.15) is 27.2 Å². The predicted molar refractivity (Wildman–Crippen MR) is 62.8 cm³/mol. The Morgan fingerprint density at radius 2 is 2.12 bits per heavy atom. The Labute approximate surface area is 96.7 Å². The molecule has 1 aliphatic rings. The topological polar surface area (TPSA) is 49.4 Å². The molecule has 0 bridgehead atoms. The van der Waals surface area contributed by atoms with E-state index in [9.17, 15) is 9.59 Å². The first-order valence-electron chi connectivity index (χ1n) is 5.70. The molecule has 0 spiro atoms. The third-order valence-corrected chi connectivity index (χ3v) is 2.93. The fourth-order valence-corrected chi connectivity index (χ4v) is 1.83. The number of hydrogen-bond acceptors (Lipinski definition) is 2. The molecule has 1 rings (SSSR count). The Bertz CT molecular complexity index is 299. The summed E-state index contributed by atoms with van der Waals surface area (Å²) in [5.74, 6) is 0.0708. The third kappa shape index (κ3) is 2.43. The van der Waals surface area contributed by atoms with Crippen molar-refractivity contribution in [2.45, 2.75) is 39.3 Å². The maximum atomic E-state index is 12.1. The highest BCUT2D eigenvalue weighted by Gasteiger charge is 2.38. The van der Waals surface area contributed by atoms with Crippen molar-refractivity contribution in [3.05, 3.63) is 12.7 Å². The summed E-state index contributed by atoms with van der Waals surface area (Å²) < 4.78 is 0. The highest BCUT2D eigenvalue weighted by Crippen LogP contribution is 2.15. The van der Waals surface area contributed by atoms with Crippen molar-refractivity contribution >= 4 is 11.8 Å². The molecule has 1 fully saturated rings. The highest BCUT2D eigenvalue weighted by molar-refractivity contribution is 5.96. The molecular weight excluding hydrogens is 204 g/mol. The van der Waals surface area contributed by atoms with Gasteiger partial charge < -0.3 is 10.2 Å². The van der Waals surface area contributed by atoms with E-state index in [1.165, 1.54) is 0 Å². The summed E-state index contributed by atoms with van der Waals surface area (Å²) >= 11 is 0. The van der Waals surface area contributed by atoms with Crippen LogP contribution in [0.15, 0.2) is 12.7 Å². The van der Waals surface area contributed by atoms with Crippen LogP contribution in [-0.4, -0.2) is 35.3 Å². The van der Waals surface area contributed by atoms with E-state index in [2.05, 4.69) is 11.9 Å². The summed E-state index contributed by atoms with van der Waals surface area (Å²) in [6.45, 7) is 9.83. The van der Waals surface area contributed by atoms with Crippen molar-refractivity contribution in [1.29, 1.82) is 0 Å². The van der Waals surface area contributed by atoms with Gasteiger partial charge >= 0.3 is 0 Å². The summed E-state index contributed by atoms with van der Waals surface area (Å²) in [5, 5.41) is 2.77. The van der Waals surface area contributed by atoms with E-state index in [4.69, 9.17) is 0 Å². The quantitative estimate of drug-likeness (QED) is 0.722. The molecule has 0 aliphatic carbocycles. The van der Waals surface area contributed by atoms with E-state index in [0.29, 0.717) is 13.0 Å². The molecule has 4 nitrogen and oxygen atoms in total. The van der Waals surface area contributed by atoms with Gasteiger partial charge in [0.15, 0.2) is 0 Å². The zero-order valence-corrected chi connectivity index (χ0v) is 10.2. The maximum Gasteiger partial charge on any atom is 0.246 e. The minimum Gasteiger partial charge on any atom is -0.342 e. The van der Waals surface area contributed by atoms with Gasteiger partial charge in [-0.15, -0.1) is 6.58 Å². The standard InChI is InChI=1S/C12H20N2O2/c1-5-6-7-14-9(4)11(15)13-10(8(2)3)12(14)16/h5,8-10H,1,6-7H2,2-4H3,(H,13,15). The van der Waals surface area contributed by atoms with Crippen LogP contribution in [0.5, 0.6) is 0 Å². The molecule has 1 saturated heterocycles. The van der Waals surface area contributed by atoms with Gasteiger partial charge in [-0.3, -0.25) is 9.59 Å². The molecule has 0 aromatic heterocycles.